The number of carbonyl (C=O) groups is 2. The average Bonchev–Trinajstić information content (AvgIpc) is 2.34. The van der Waals surface area contributed by atoms with Crippen LogP contribution >= 0.6 is 22.6 Å². The summed E-state index contributed by atoms with van der Waals surface area (Å²) in [6.45, 7) is 3.61. The van der Waals surface area contributed by atoms with Crippen LogP contribution in [0.3, 0.4) is 0 Å². The van der Waals surface area contributed by atoms with Gasteiger partial charge in [-0.1, -0.05) is 20.3 Å². The van der Waals surface area contributed by atoms with Crippen molar-refractivity contribution in [3.63, 3.8) is 0 Å². The first-order valence-electron chi connectivity index (χ1n) is 5.85. The highest BCUT2D eigenvalue weighted by molar-refractivity contribution is 14.1. The summed E-state index contributed by atoms with van der Waals surface area (Å²) in [5.41, 5.74) is 0.275. The van der Waals surface area contributed by atoms with Gasteiger partial charge in [-0.15, -0.1) is 0 Å². The molecule has 1 unspecified atom stereocenters. The van der Waals surface area contributed by atoms with Gasteiger partial charge < -0.3 is 10.4 Å². The molecule has 0 saturated carbocycles. The number of carboxylic acid groups (broad SMARTS) is 1. The third-order valence-electron chi connectivity index (χ3n) is 2.94. The van der Waals surface area contributed by atoms with Crippen molar-refractivity contribution in [1.29, 1.82) is 0 Å². The van der Waals surface area contributed by atoms with Gasteiger partial charge in [0.15, 0.2) is 0 Å². The van der Waals surface area contributed by atoms with Gasteiger partial charge in [-0.2, -0.15) is 0 Å². The number of hydrogen-bond donors (Lipinski definition) is 2. The van der Waals surface area contributed by atoms with E-state index in [2.05, 4.69) is 5.32 Å². The van der Waals surface area contributed by atoms with E-state index in [9.17, 15) is 14.0 Å². The molecule has 0 radical (unpaired) electrons. The maximum Gasteiger partial charge on any atom is 0.326 e. The van der Waals surface area contributed by atoms with Crippen molar-refractivity contribution in [3.05, 3.63) is 33.1 Å². The van der Waals surface area contributed by atoms with Gasteiger partial charge in [-0.3, -0.25) is 4.79 Å². The van der Waals surface area contributed by atoms with E-state index in [0.29, 0.717) is 9.99 Å². The van der Waals surface area contributed by atoms with Crippen LogP contribution in [-0.2, 0) is 4.79 Å². The number of benzene rings is 1. The molecule has 0 saturated heterocycles. The van der Waals surface area contributed by atoms with Crippen LogP contribution < -0.4 is 5.32 Å². The molecule has 2 atom stereocenters. The second-order valence-electron chi connectivity index (χ2n) is 4.30. The Morgan fingerprint density at radius 3 is 2.58 bits per heavy atom. The van der Waals surface area contributed by atoms with E-state index < -0.39 is 23.7 Å². The summed E-state index contributed by atoms with van der Waals surface area (Å²) in [5.74, 6) is -2.19. The molecule has 0 aliphatic rings. The summed E-state index contributed by atoms with van der Waals surface area (Å²) < 4.78 is 13.4. The van der Waals surface area contributed by atoms with E-state index >= 15 is 0 Å². The fourth-order valence-electron chi connectivity index (χ4n) is 1.58. The Morgan fingerprint density at radius 2 is 2.11 bits per heavy atom. The van der Waals surface area contributed by atoms with Crippen LogP contribution in [0.4, 0.5) is 4.39 Å². The Kier molecular flexibility index (Phi) is 5.71. The van der Waals surface area contributed by atoms with E-state index in [1.807, 2.05) is 29.5 Å². The third-order valence-corrected chi connectivity index (χ3v) is 3.83. The molecule has 0 aliphatic heterocycles. The molecule has 4 nitrogen and oxygen atoms in total. The van der Waals surface area contributed by atoms with Crippen LogP contribution in [0.25, 0.3) is 0 Å². The lowest BCUT2D eigenvalue weighted by molar-refractivity contribution is -0.140. The standard InChI is InChI=1S/C13H15FINO3/c1-3-7(2)11(13(18)19)16-12(17)9-5-4-8(14)6-10(9)15/h4-7,11H,3H2,1-2H3,(H,16,17)(H,18,19)/t7?,11-/m0/s1. The SMILES string of the molecule is CCC(C)[C@H](NC(=O)c1ccc(F)cc1I)C(=O)O. The first-order valence-corrected chi connectivity index (χ1v) is 6.93. The van der Waals surface area contributed by atoms with Crippen molar-refractivity contribution in [2.45, 2.75) is 26.3 Å². The molecule has 0 fully saturated rings. The zero-order valence-electron chi connectivity index (χ0n) is 10.6. The quantitative estimate of drug-likeness (QED) is 0.774. The second kappa shape index (κ2) is 6.83. The van der Waals surface area contributed by atoms with Gasteiger partial charge in [0, 0.05) is 3.57 Å². The van der Waals surface area contributed by atoms with Crippen molar-refractivity contribution < 1.29 is 19.1 Å². The van der Waals surface area contributed by atoms with Crippen molar-refractivity contribution in [1.82, 2.24) is 5.32 Å². The average molecular weight is 379 g/mol. The summed E-state index contributed by atoms with van der Waals surface area (Å²) in [6.07, 6.45) is 0.637. The maximum absolute atomic E-state index is 13.0. The molecule has 19 heavy (non-hydrogen) atoms. The number of amides is 1. The molecule has 0 aliphatic carbocycles. The van der Waals surface area contributed by atoms with Crippen molar-refractivity contribution >= 4 is 34.5 Å². The molecule has 0 spiro atoms. The summed E-state index contributed by atoms with van der Waals surface area (Å²) in [7, 11) is 0. The van der Waals surface area contributed by atoms with Gasteiger partial charge >= 0.3 is 5.97 Å². The Labute approximate surface area is 124 Å². The topological polar surface area (TPSA) is 66.4 Å². The van der Waals surface area contributed by atoms with Crippen LogP contribution in [0.2, 0.25) is 0 Å². The fourth-order valence-corrected chi connectivity index (χ4v) is 2.30. The van der Waals surface area contributed by atoms with Crippen LogP contribution in [-0.4, -0.2) is 23.0 Å². The molecule has 6 heteroatoms. The minimum absolute atomic E-state index is 0.181. The molecular formula is C13H15FINO3. The Morgan fingerprint density at radius 1 is 1.47 bits per heavy atom. The van der Waals surface area contributed by atoms with Crippen molar-refractivity contribution in [2.75, 3.05) is 0 Å². The second-order valence-corrected chi connectivity index (χ2v) is 5.46. The Bertz CT molecular complexity index is 493. The number of rotatable bonds is 5. The molecule has 0 aromatic heterocycles. The predicted octanol–water partition coefficient (Wildman–Crippen LogP) is 2.66. The van der Waals surface area contributed by atoms with Gasteiger partial charge in [-0.05, 0) is 46.7 Å². The fraction of sp³-hybridized carbons (Fsp3) is 0.385. The summed E-state index contributed by atoms with van der Waals surface area (Å²) in [6, 6.07) is 2.81. The lowest BCUT2D eigenvalue weighted by atomic mass is 9.99. The van der Waals surface area contributed by atoms with E-state index in [1.54, 1.807) is 6.92 Å². The van der Waals surface area contributed by atoms with Gasteiger partial charge in [-0.25, -0.2) is 9.18 Å². The molecule has 1 aromatic carbocycles. The molecular weight excluding hydrogens is 364 g/mol. The summed E-state index contributed by atoms with van der Waals surface area (Å²) in [5, 5.41) is 11.6. The van der Waals surface area contributed by atoms with Gasteiger partial charge in [0.25, 0.3) is 5.91 Å². The Balaban J connectivity index is 2.91. The van der Waals surface area contributed by atoms with Crippen molar-refractivity contribution in [3.8, 4) is 0 Å². The third kappa shape index (κ3) is 4.15. The lowest BCUT2D eigenvalue weighted by Crippen LogP contribution is -2.45. The summed E-state index contributed by atoms with van der Waals surface area (Å²) in [4.78, 5) is 23.1. The number of hydrogen-bond acceptors (Lipinski definition) is 2. The molecule has 104 valence electrons. The van der Waals surface area contributed by atoms with Crippen molar-refractivity contribution in [2.24, 2.45) is 5.92 Å². The maximum atomic E-state index is 13.0. The largest absolute Gasteiger partial charge is 0.480 e. The highest BCUT2D eigenvalue weighted by Gasteiger charge is 2.26. The lowest BCUT2D eigenvalue weighted by Gasteiger charge is -2.20. The number of aliphatic carboxylic acids is 1. The number of halogens is 2. The molecule has 1 aromatic rings. The minimum Gasteiger partial charge on any atom is -0.480 e. The zero-order chi connectivity index (χ0) is 14.6. The summed E-state index contributed by atoms with van der Waals surface area (Å²) >= 11 is 1.84. The van der Waals surface area contributed by atoms with E-state index in [0.717, 1.165) is 0 Å². The molecule has 0 heterocycles. The molecule has 2 N–H and O–H groups in total. The number of nitrogens with one attached hydrogen (secondary N) is 1. The van der Waals surface area contributed by atoms with Crippen LogP contribution in [0.15, 0.2) is 18.2 Å². The van der Waals surface area contributed by atoms with E-state index in [-0.39, 0.29) is 11.5 Å². The van der Waals surface area contributed by atoms with Gasteiger partial charge in [0.2, 0.25) is 0 Å². The van der Waals surface area contributed by atoms with Gasteiger partial charge in [0.1, 0.15) is 11.9 Å². The smallest absolute Gasteiger partial charge is 0.326 e. The highest BCUT2D eigenvalue weighted by atomic mass is 127. The molecule has 1 rings (SSSR count). The number of carboxylic acids is 1. The first kappa shape index (κ1) is 15.9. The van der Waals surface area contributed by atoms with Crippen LogP contribution in [0.1, 0.15) is 30.6 Å². The zero-order valence-corrected chi connectivity index (χ0v) is 12.8. The van der Waals surface area contributed by atoms with Crippen LogP contribution in [0.5, 0.6) is 0 Å². The number of carbonyl (C=O) groups excluding carboxylic acids is 1. The van der Waals surface area contributed by atoms with Crippen LogP contribution in [0, 0.1) is 15.3 Å². The van der Waals surface area contributed by atoms with E-state index in [1.165, 1.54) is 18.2 Å². The first-order chi connectivity index (χ1) is 8.86. The van der Waals surface area contributed by atoms with E-state index in [4.69, 9.17) is 5.11 Å². The Hall–Kier alpha value is -1.18. The molecule has 1 amide bonds. The minimum atomic E-state index is -1.07. The normalized spacial score (nSPS) is 13.7. The van der Waals surface area contributed by atoms with Gasteiger partial charge in [0.05, 0.1) is 5.56 Å². The monoisotopic (exact) mass is 379 g/mol. The highest BCUT2D eigenvalue weighted by Crippen LogP contribution is 2.15. The molecule has 0 bridgehead atoms. The predicted molar refractivity (Wildman–Crippen MR) is 77.5 cm³/mol.